The standard InChI is InChI=1S/C12H19NO/c1-4-9-13(5-2)11-7-6-8-12(14)10(11)3/h6-8,14H,4-5,9H2,1-3H3. The number of phenolic OH excluding ortho intramolecular Hbond substituents is 1. The highest BCUT2D eigenvalue weighted by Gasteiger charge is 2.08. The Bertz CT molecular complexity index is 296. The summed E-state index contributed by atoms with van der Waals surface area (Å²) in [4.78, 5) is 2.29. The van der Waals surface area contributed by atoms with Crippen LogP contribution in [0.3, 0.4) is 0 Å². The molecule has 78 valence electrons. The SMILES string of the molecule is CCCN(CC)c1cccc(O)c1C. The molecule has 0 fully saturated rings. The van der Waals surface area contributed by atoms with Crippen LogP contribution >= 0.6 is 0 Å². The van der Waals surface area contributed by atoms with E-state index in [4.69, 9.17) is 0 Å². The highest BCUT2D eigenvalue weighted by Crippen LogP contribution is 2.27. The van der Waals surface area contributed by atoms with Crippen LogP contribution in [0, 0.1) is 6.92 Å². The van der Waals surface area contributed by atoms with E-state index in [-0.39, 0.29) is 0 Å². The van der Waals surface area contributed by atoms with Crippen molar-refractivity contribution < 1.29 is 5.11 Å². The van der Waals surface area contributed by atoms with Crippen LogP contribution in [0.15, 0.2) is 18.2 Å². The molecular formula is C12H19NO. The Morgan fingerprint density at radius 3 is 2.57 bits per heavy atom. The number of hydrogen-bond acceptors (Lipinski definition) is 2. The van der Waals surface area contributed by atoms with E-state index in [0.717, 1.165) is 30.8 Å². The molecule has 0 aliphatic carbocycles. The molecule has 0 aromatic heterocycles. The van der Waals surface area contributed by atoms with E-state index >= 15 is 0 Å². The Hall–Kier alpha value is -1.18. The predicted molar refractivity (Wildman–Crippen MR) is 61.0 cm³/mol. The van der Waals surface area contributed by atoms with Gasteiger partial charge in [0.2, 0.25) is 0 Å². The molecule has 0 saturated heterocycles. The van der Waals surface area contributed by atoms with Gasteiger partial charge in [-0.25, -0.2) is 0 Å². The van der Waals surface area contributed by atoms with Crippen molar-refractivity contribution >= 4 is 5.69 Å². The Morgan fingerprint density at radius 1 is 1.29 bits per heavy atom. The maximum Gasteiger partial charge on any atom is 0.120 e. The lowest BCUT2D eigenvalue weighted by molar-refractivity contribution is 0.471. The van der Waals surface area contributed by atoms with E-state index in [9.17, 15) is 5.11 Å². The summed E-state index contributed by atoms with van der Waals surface area (Å²) in [6.07, 6.45) is 1.13. The molecule has 0 spiro atoms. The summed E-state index contributed by atoms with van der Waals surface area (Å²) in [5, 5.41) is 9.59. The van der Waals surface area contributed by atoms with Crippen molar-refractivity contribution in [2.24, 2.45) is 0 Å². The second-order valence-corrected chi connectivity index (χ2v) is 3.50. The number of anilines is 1. The van der Waals surface area contributed by atoms with Crippen LogP contribution in [0.4, 0.5) is 5.69 Å². The van der Waals surface area contributed by atoms with Crippen molar-refractivity contribution in [2.75, 3.05) is 18.0 Å². The minimum atomic E-state index is 0.386. The number of rotatable bonds is 4. The third-order valence-corrected chi connectivity index (χ3v) is 2.49. The number of nitrogens with zero attached hydrogens (tertiary/aromatic N) is 1. The van der Waals surface area contributed by atoms with Crippen molar-refractivity contribution in [1.82, 2.24) is 0 Å². The van der Waals surface area contributed by atoms with Gasteiger partial charge >= 0.3 is 0 Å². The molecule has 0 saturated carbocycles. The molecule has 1 aromatic carbocycles. The third kappa shape index (κ3) is 2.19. The highest BCUT2D eigenvalue weighted by atomic mass is 16.3. The number of hydrogen-bond donors (Lipinski definition) is 1. The van der Waals surface area contributed by atoms with Gasteiger partial charge in [0.25, 0.3) is 0 Å². The van der Waals surface area contributed by atoms with Gasteiger partial charge in [0.1, 0.15) is 5.75 Å². The van der Waals surface area contributed by atoms with Crippen LogP contribution in [0.1, 0.15) is 25.8 Å². The summed E-state index contributed by atoms with van der Waals surface area (Å²) in [7, 11) is 0. The molecule has 0 amide bonds. The minimum absolute atomic E-state index is 0.386. The first-order chi connectivity index (χ1) is 6.70. The zero-order chi connectivity index (χ0) is 10.6. The largest absolute Gasteiger partial charge is 0.508 e. The second-order valence-electron chi connectivity index (χ2n) is 3.50. The van der Waals surface area contributed by atoms with Gasteiger partial charge in [-0.15, -0.1) is 0 Å². The maximum absolute atomic E-state index is 9.59. The van der Waals surface area contributed by atoms with Gasteiger partial charge in [-0.05, 0) is 32.4 Å². The molecule has 0 radical (unpaired) electrons. The summed E-state index contributed by atoms with van der Waals surface area (Å²) in [6.45, 7) is 8.29. The predicted octanol–water partition coefficient (Wildman–Crippen LogP) is 2.94. The average molecular weight is 193 g/mol. The normalized spacial score (nSPS) is 10.2. The third-order valence-electron chi connectivity index (χ3n) is 2.49. The van der Waals surface area contributed by atoms with E-state index in [0.29, 0.717) is 5.75 Å². The Balaban J connectivity index is 2.97. The molecule has 2 heteroatoms. The van der Waals surface area contributed by atoms with Crippen molar-refractivity contribution in [2.45, 2.75) is 27.2 Å². The van der Waals surface area contributed by atoms with Gasteiger partial charge in [0.15, 0.2) is 0 Å². The Labute approximate surface area is 86.2 Å². The molecular weight excluding hydrogens is 174 g/mol. The quantitative estimate of drug-likeness (QED) is 0.794. The van der Waals surface area contributed by atoms with Crippen LogP contribution in [0.5, 0.6) is 5.75 Å². The molecule has 0 unspecified atom stereocenters. The second kappa shape index (κ2) is 4.89. The molecule has 0 bridgehead atoms. The molecule has 0 aliphatic rings. The van der Waals surface area contributed by atoms with Crippen LogP contribution in [0.25, 0.3) is 0 Å². The lowest BCUT2D eigenvalue weighted by Crippen LogP contribution is -2.24. The van der Waals surface area contributed by atoms with E-state index in [1.165, 1.54) is 0 Å². The topological polar surface area (TPSA) is 23.5 Å². The molecule has 14 heavy (non-hydrogen) atoms. The number of phenols is 1. The lowest BCUT2D eigenvalue weighted by Gasteiger charge is -2.24. The molecule has 1 N–H and O–H groups in total. The first-order valence-electron chi connectivity index (χ1n) is 5.24. The van der Waals surface area contributed by atoms with Crippen molar-refractivity contribution in [3.05, 3.63) is 23.8 Å². The van der Waals surface area contributed by atoms with E-state index in [1.807, 2.05) is 13.0 Å². The minimum Gasteiger partial charge on any atom is -0.508 e. The number of benzene rings is 1. The van der Waals surface area contributed by atoms with Gasteiger partial charge in [-0.2, -0.15) is 0 Å². The first kappa shape index (κ1) is 10.9. The maximum atomic E-state index is 9.59. The Morgan fingerprint density at radius 2 is 2.00 bits per heavy atom. The van der Waals surface area contributed by atoms with Crippen molar-refractivity contribution in [3.8, 4) is 5.75 Å². The fraction of sp³-hybridized carbons (Fsp3) is 0.500. The summed E-state index contributed by atoms with van der Waals surface area (Å²) in [5.74, 6) is 0.386. The molecule has 0 heterocycles. The molecule has 0 aliphatic heterocycles. The molecule has 1 rings (SSSR count). The fourth-order valence-corrected chi connectivity index (χ4v) is 1.67. The summed E-state index contributed by atoms with van der Waals surface area (Å²) in [6, 6.07) is 5.70. The van der Waals surface area contributed by atoms with Gasteiger partial charge < -0.3 is 10.0 Å². The zero-order valence-electron chi connectivity index (χ0n) is 9.25. The molecule has 1 aromatic rings. The van der Waals surface area contributed by atoms with Gasteiger partial charge in [0, 0.05) is 24.3 Å². The van der Waals surface area contributed by atoms with Crippen molar-refractivity contribution in [1.29, 1.82) is 0 Å². The van der Waals surface area contributed by atoms with Gasteiger partial charge in [-0.1, -0.05) is 13.0 Å². The van der Waals surface area contributed by atoms with Crippen LogP contribution < -0.4 is 4.90 Å². The summed E-state index contributed by atoms with van der Waals surface area (Å²) in [5.41, 5.74) is 2.12. The van der Waals surface area contributed by atoms with Crippen molar-refractivity contribution in [3.63, 3.8) is 0 Å². The molecule has 0 atom stereocenters. The number of aromatic hydroxyl groups is 1. The summed E-state index contributed by atoms with van der Waals surface area (Å²) >= 11 is 0. The lowest BCUT2D eigenvalue weighted by atomic mass is 10.1. The van der Waals surface area contributed by atoms with E-state index in [2.05, 4.69) is 24.8 Å². The van der Waals surface area contributed by atoms with Gasteiger partial charge in [0.05, 0.1) is 0 Å². The van der Waals surface area contributed by atoms with Crippen LogP contribution in [0.2, 0.25) is 0 Å². The fourth-order valence-electron chi connectivity index (χ4n) is 1.67. The van der Waals surface area contributed by atoms with Crippen LogP contribution in [-0.4, -0.2) is 18.2 Å². The monoisotopic (exact) mass is 193 g/mol. The molecule has 2 nitrogen and oxygen atoms in total. The van der Waals surface area contributed by atoms with Gasteiger partial charge in [-0.3, -0.25) is 0 Å². The first-order valence-corrected chi connectivity index (χ1v) is 5.24. The van der Waals surface area contributed by atoms with Crippen LogP contribution in [-0.2, 0) is 0 Å². The zero-order valence-corrected chi connectivity index (χ0v) is 9.25. The highest BCUT2D eigenvalue weighted by molar-refractivity contribution is 5.58. The smallest absolute Gasteiger partial charge is 0.120 e. The average Bonchev–Trinajstić information content (AvgIpc) is 2.19. The summed E-state index contributed by atoms with van der Waals surface area (Å²) < 4.78 is 0. The van der Waals surface area contributed by atoms with E-state index in [1.54, 1.807) is 6.07 Å². The Kier molecular flexibility index (Phi) is 3.81. The van der Waals surface area contributed by atoms with E-state index < -0.39 is 0 Å².